The predicted octanol–water partition coefficient (Wildman–Crippen LogP) is 2.71. The second kappa shape index (κ2) is 5.83. The Balaban J connectivity index is 2.14. The van der Waals surface area contributed by atoms with Crippen LogP contribution in [0.3, 0.4) is 0 Å². The first-order valence-electron chi connectivity index (χ1n) is 6.63. The molecule has 0 unspecified atom stereocenters. The highest BCUT2D eigenvalue weighted by Crippen LogP contribution is 2.31. The minimum Gasteiger partial charge on any atom is -0.497 e. The van der Waals surface area contributed by atoms with Crippen LogP contribution in [0.2, 0.25) is 0 Å². The van der Waals surface area contributed by atoms with Crippen LogP contribution in [0.15, 0.2) is 29.3 Å². The molecule has 2 atom stereocenters. The third-order valence-corrected chi connectivity index (χ3v) is 3.67. The molecule has 0 amide bonds. The molecule has 0 fully saturated rings. The number of halogens is 3. The molecular formula is C14H18F3N3O. The number of methoxy groups -OCH3 is 1. The van der Waals surface area contributed by atoms with Crippen molar-refractivity contribution in [3.05, 3.63) is 29.8 Å². The van der Waals surface area contributed by atoms with Crippen LogP contribution < -0.4 is 10.5 Å². The standard InChI is InChI=1S/C14H18F3N3O/c1-9(10-3-5-11(21-2)6-4-10)20-8-7-12(14(15,16)17)19-13(20)18/h3-6,9,12H,7-8H2,1-2H3,(H2,18,19)/t9-,12+/m0/s1. The fraction of sp³-hybridized carbons (Fsp3) is 0.500. The number of hydrogen-bond donors (Lipinski definition) is 1. The normalized spacial score (nSPS) is 20.9. The molecule has 116 valence electrons. The molecule has 1 aromatic rings. The number of rotatable bonds is 3. The first kappa shape index (κ1) is 15.5. The number of alkyl halides is 3. The van der Waals surface area contributed by atoms with Crippen molar-refractivity contribution in [2.75, 3.05) is 13.7 Å². The summed E-state index contributed by atoms with van der Waals surface area (Å²) in [4.78, 5) is 5.27. The third kappa shape index (κ3) is 3.40. The molecule has 2 rings (SSSR count). The van der Waals surface area contributed by atoms with Gasteiger partial charge in [0.25, 0.3) is 0 Å². The molecule has 21 heavy (non-hydrogen) atoms. The Morgan fingerprint density at radius 1 is 1.33 bits per heavy atom. The lowest BCUT2D eigenvalue weighted by molar-refractivity contribution is -0.150. The minimum atomic E-state index is -4.33. The van der Waals surface area contributed by atoms with Gasteiger partial charge in [-0.3, -0.25) is 0 Å². The number of hydrogen-bond acceptors (Lipinski definition) is 4. The molecule has 1 aliphatic rings. The van der Waals surface area contributed by atoms with Crippen molar-refractivity contribution in [3.63, 3.8) is 0 Å². The van der Waals surface area contributed by atoms with Crippen molar-refractivity contribution in [2.24, 2.45) is 10.7 Å². The third-order valence-electron chi connectivity index (χ3n) is 3.67. The van der Waals surface area contributed by atoms with Crippen molar-refractivity contribution in [1.82, 2.24) is 4.90 Å². The maximum Gasteiger partial charge on any atom is 0.410 e. The Hall–Kier alpha value is -1.92. The second-order valence-electron chi connectivity index (χ2n) is 4.98. The molecule has 4 nitrogen and oxygen atoms in total. The lowest BCUT2D eigenvalue weighted by atomic mass is 10.0. The van der Waals surface area contributed by atoms with Crippen molar-refractivity contribution in [2.45, 2.75) is 31.6 Å². The van der Waals surface area contributed by atoms with Gasteiger partial charge in [-0.05, 0) is 31.0 Å². The molecule has 0 bridgehead atoms. The summed E-state index contributed by atoms with van der Waals surface area (Å²) in [7, 11) is 1.57. The molecule has 2 N–H and O–H groups in total. The number of nitrogens with zero attached hydrogens (tertiary/aromatic N) is 2. The average Bonchev–Trinajstić information content (AvgIpc) is 2.45. The summed E-state index contributed by atoms with van der Waals surface area (Å²) < 4.78 is 43.0. The summed E-state index contributed by atoms with van der Waals surface area (Å²) in [6, 6.07) is 5.51. The zero-order valence-corrected chi connectivity index (χ0v) is 11.9. The van der Waals surface area contributed by atoms with Crippen LogP contribution in [-0.4, -0.2) is 36.7 Å². The summed E-state index contributed by atoms with van der Waals surface area (Å²) in [5.41, 5.74) is 6.66. The van der Waals surface area contributed by atoms with E-state index in [1.807, 2.05) is 31.2 Å². The maximum atomic E-state index is 12.7. The maximum absolute atomic E-state index is 12.7. The molecule has 0 radical (unpaired) electrons. The van der Waals surface area contributed by atoms with E-state index in [1.54, 1.807) is 12.0 Å². The number of nitrogens with two attached hydrogens (primary N) is 1. The molecule has 1 aliphatic heterocycles. The van der Waals surface area contributed by atoms with Crippen LogP contribution in [0, 0.1) is 0 Å². The van der Waals surface area contributed by atoms with Crippen LogP contribution in [0.5, 0.6) is 5.75 Å². The van der Waals surface area contributed by atoms with Gasteiger partial charge in [-0.1, -0.05) is 12.1 Å². The summed E-state index contributed by atoms with van der Waals surface area (Å²) >= 11 is 0. The molecule has 7 heteroatoms. The number of ether oxygens (including phenoxy) is 1. The first-order chi connectivity index (χ1) is 9.82. The van der Waals surface area contributed by atoms with E-state index >= 15 is 0 Å². The Morgan fingerprint density at radius 2 is 1.95 bits per heavy atom. The van der Waals surface area contributed by atoms with Gasteiger partial charge in [-0.2, -0.15) is 13.2 Å². The Kier molecular flexibility index (Phi) is 4.29. The van der Waals surface area contributed by atoms with Crippen molar-refractivity contribution >= 4 is 5.96 Å². The molecule has 0 spiro atoms. The van der Waals surface area contributed by atoms with E-state index in [4.69, 9.17) is 10.5 Å². The van der Waals surface area contributed by atoms with Gasteiger partial charge in [0, 0.05) is 6.54 Å². The SMILES string of the molecule is COc1ccc([C@H](C)N2CC[C@H](C(F)(F)F)N=C2N)cc1. The molecule has 0 aromatic heterocycles. The summed E-state index contributed by atoms with van der Waals surface area (Å²) in [5, 5.41) is 0. The van der Waals surface area contributed by atoms with E-state index in [0.717, 1.165) is 11.3 Å². The first-order valence-corrected chi connectivity index (χ1v) is 6.63. The van der Waals surface area contributed by atoms with E-state index in [-0.39, 0.29) is 25.0 Å². The Morgan fingerprint density at radius 3 is 2.43 bits per heavy atom. The van der Waals surface area contributed by atoms with Gasteiger partial charge in [0.1, 0.15) is 5.75 Å². The fourth-order valence-corrected chi connectivity index (χ4v) is 2.37. The minimum absolute atomic E-state index is 0.0631. The molecular weight excluding hydrogens is 283 g/mol. The monoisotopic (exact) mass is 301 g/mol. The number of benzene rings is 1. The van der Waals surface area contributed by atoms with Gasteiger partial charge < -0.3 is 15.4 Å². The number of guanidine groups is 1. The van der Waals surface area contributed by atoms with Gasteiger partial charge in [0.05, 0.1) is 13.2 Å². The van der Waals surface area contributed by atoms with E-state index in [1.165, 1.54) is 0 Å². The lowest BCUT2D eigenvalue weighted by Gasteiger charge is -2.35. The van der Waals surface area contributed by atoms with Crippen LogP contribution in [0.25, 0.3) is 0 Å². The number of aliphatic imine (C=N–C) groups is 1. The average molecular weight is 301 g/mol. The smallest absolute Gasteiger partial charge is 0.410 e. The zero-order chi connectivity index (χ0) is 15.6. The van der Waals surface area contributed by atoms with E-state index in [0.29, 0.717) is 0 Å². The van der Waals surface area contributed by atoms with Crippen molar-refractivity contribution in [3.8, 4) is 5.75 Å². The molecule has 1 heterocycles. The summed E-state index contributed by atoms with van der Waals surface area (Å²) in [6.45, 7) is 2.12. The summed E-state index contributed by atoms with van der Waals surface area (Å²) in [5.74, 6) is 0.662. The highest BCUT2D eigenvalue weighted by molar-refractivity contribution is 5.79. The Bertz CT molecular complexity index is 513. The molecule has 1 aromatic carbocycles. The molecule has 0 aliphatic carbocycles. The van der Waals surface area contributed by atoms with Crippen LogP contribution in [0.1, 0.15) is 24.9 Å². The quantitative estimate of drug-likeness (QED) is 0.934. The van der Waals surface area contributed by atoms with Crippen molar-refractivity contribution < 1.29 is 17.9 Å². The topological polar surface area (TPSA) is 50.8 Å². The predicted molar refractivity (Wildman–Crippen MR) is 74.2 cm³/mol. The van der Waals surface area contributed by atoms with E-state index in [2.05, 4.69) is 4.99 Å². The molecule has 0 saturated heterocycles. The Labute approximate surface area is 121 Å². The fourth-order valence-electron chi connectivity index (χ4n) is 2.37. The van der Waals surface area contributed by atoms with Gasteiger partial charge >= 0.3 is 6.18 Å². The largest absolute Gasteiger partial charge is 0.497 e. The van der Waals surface area contributed by atoms with Gasteiger partial charge in [-0.25, -0.2) is 4.99 Å². The van der Waals surface area contributed by atoms with E-state index < -0.39 is 12.2 Å². The molecule has 0 saturated carbocycles. The van der Waals surface area contributed by atoms with Crippen LogP contribution >= 0.6 is 0 Å². The lowest BCUT2D eigenvalue weighted by Crippen LogP contribution is -2.47. The highest BCUT2D eigenvalue weighted by Gasteiger charge is 2.42. The van der Waals surface area contributed by atoms with Gasteiger partial charge in [-0.15, -0.1) is 0 Å². The van der Waals surface area contributed by atoms with Crippen LogP contribution in [0.4, 0.5) is 13.2 Å². The van der Waals surface area contributed by atoms with E-state index in [9.17, 15) is 13.2 Å². The highest BCUT2D eigenvalue weighted by atomic mass is 19.4. The van der Waals surface area contributed by atoms with Gasteiger partial charge in [0.15, 0.2) is 12.0 Å². The van der Waals surface area contributed by atoms with Crippen molar-refractivity contribution in [1.29, 1.82) is 0 Å². The van der Waals surface area contributed by atoms with Crippen LogP contribution in [-0.2, 0) is 0 Å². The summed E-state index contributed by atoms with van der Waals surface area (Å²) in [6.07, 6.45) is -4.41. The second-order valence-corrected chi connectivity index (χ2v) is 4.98. The zero-order valence-electron chi connectivity index (χ0n) is 11.9. The van der Waals surface area contributed by atoms with Gasteiger partial charge in [0.2, 0.25) is 0 Å².